The SMILES string of the molecule is Cc1ccc2c(c1)c(CCN(C)C)cn2C(=O)N1CCC(N2CCCCC2)CC1. The first-order valence-corrected chi connectivity index (χ1v) is 11.3. The second-order valence-electron chi connectivity index (χ2n) is 9.20. The number of hydrogen-bond acceptors (Lipinski definition) is 3. The van der Waals surface area contributed by atoms with E-state index in [0.29, 0.717) is 6.04 Å². The summed E-state index contributed by atoms with van der Waals surface area (Å²) in [4.78, 5) is 20.3. The first kappa shape index (κ1) is 20.4. The van der Waals surface area contributed by atoms with E-state index in [1.165, 1.54) is 48.9 Å². The fraction of sp³-hybridized carbons (Fsp3) is 0.625. The molecule has 2 aromatic rings. The molecule has 0 radical (unpaired) electrons. The highest BCUT2D eigenvalue weighted by atomic mass is 16.2. The van der Waals surface area contributed by atoms with Crippen molar-refractivity contribution in [1.82, 2.24) is 19.3 Å². The van der Waals surface area contributed by atoms with E-state index in [1.807, 2.05) is 4.57 Å². The lowest BCUT2D eigenvalue weighted by atomic mass is 10.00. The molecule has 3 heterocycles. The van der Waals surface area contributed by atoms with Gasteiger partial charge in [-0.15, -0.1) is 0 Å². The van der Waals surface area contributed by atoms with E-state index >= 15 is 0 Å². The third-order valence-corrected chi connectivity index (χ3v) is 6.72. The number of hydrogen-bond donors (Lipinski definition) is 0. The van der Waals surface area contributed by atoms with Crippen molar-refractivity contribution in [2.24, 2.45) is 0 Å². The highest BCUT2D eigenvalue weighted by molar-refractivity contribution is 5.94. The van der Waals surface area contributed by atoms with Crippen LogP contribution < -0.4 is 0 Å². The summed E-state index contributed by atoms with van der Waals surface area (Å²) in [6.45, 7) is 7.35. The lowest BCUT2D eigenvalue weighted by Gasteiger charge is -2.40. The average Bonchev–Trinajstić information content (AvgIpc) is 3.10. The molecule has 0 aliphatic carbocycles. The number of nitrogens with zero attached hydrogens (tertiary/aromatic N) is 4. The van der Waals surface area contributed by atoms with Crippen LogP contribution in [-0.4, -0.2) is 78.2 Å². The second-order valence-corrected chi connectivity index (χ2v) is 9.20. The highest BCUT2D eigenvalue weighted by Gasteiger charge is 2.28. The molecule has 5 heteroatoms. The molecule has 158 valence electrons. The number of piperidine rings is 2. The molecule has 4 rings (SSSR count). The summed E-state index contributed by atoms with van der Waals surface area (Å²) in [7, 11) is 4.20. The monoisotopic (exact) mass is 396 g/mol. The Morgan fingerprint density at radius 3 is 2.48 bits per heavy atom. The lowest BCUT2D eigenvalue weighted by molar-refractivity contribution is 0.102. The average molecular weight is 397 g/mol. The Kier molecular flexibility index (Phi) is 6.26. The molecule has 1 aromatic heterocycles. The van der Waals surface area contributed by atoms with Crippen molar-refractivity contribution in [3.63, 3.8) is 0 Å². The zero-order valence-corrected chi connectivity index (χ0v) is 18.4. The van der Waals surface area contributed by atoms with Gasteiger partial charge >= 0.3 is 6.03 Å². The third-order valence-electron chi connectivity index (χ3n) is 6.72. The number of carbonyl (C=O) groups is 1. The van der Waals surface area contributed by atoms with Gasteiger partial charge in [0.1, 0.15) is 0 Å². The van der Waals surface area contributed by atoms with E-state index in [-0.39, 0.29) is 6.03 Å². The van der Waals surface area contributed by atoms with Gasteiger partial charge in [0.15, 0.2) is 0 Å². The van der Waals surface area contributed by atoms with Gasteiger partial charge in [-0.3, -0.25) is 4.57 Å². The Labute approximate surface area is 175 Å². The number of benzene rings is 1. The van der Waals surface area contributed by atoms with E-state index in [2.05, 4.69) is 60.1 Å². The molecule has 2 aliphatic rings. The number of fused-ring (bicyclic) bond motifs is 1. The molecule has 0 N–H and O–H groups in total. The molecule has 2 fully saturated rings. The largest absolute Gasteiger partial charge is 0.328 e. The first-order valence-electron chi connectivity index (χ1n) is 11.3. The number of rotatable bonds is 4. The maximum atomic E-state index is 13.4. The minimum absolute atomic E-state index is 0.145. The van der Waals surface area contributed by atoms with Crippen LogP contribution in [0.15, 0.2) is 24.4 Å². The third kappa shape index (κ3) is 4.51. The van der Waals surface area contributed by atoms with Crippen LogP contribution in [0.3, 0.4) is 0 Å². The summed E-state index contributed by atoms with van der Waals surface area (Å²) in [6.07, 6.45) is 9.32. The summed E-state index contributed by atoms with van der Waals surface area (Å²) in [5, 5.41) is 1.23. The zero-order valence-electron chi connectivity index (χ0n) is 18.4. The van der Waals surface area contributed by atoms with Gasteiger partial charge in [0.05, 0.1) is 5.52 Å². The van der Waals surface area contributed by atoms with Crippen molar-refractivity contribution in [1.29, 1.82) is 0 Å². The zero-order chi connectivity index (χ0) is 20.4. The minimum atomic E-state index is 0.145. The van der Waals surface area contributed by atoms with Crippen molar-refractivity contribution < 1.29 is 4.79 Å². The molecule has 0 atom stereocenters. The van der Waals surface area contributed by atoms with Crippen LogP contribution in [0.4, 0.5) is 4.79 Å². The van der Waals surface area contributed by atoms with Gasteiger partial charge in [0.25, 0.3) is 0 Å². The highest BCUT2D eigenvalue weighted by Crippen LogP contribution is 2.26. The quantitative estimate of drug-likeness (QED) is 0.784. The minimum Gasteiger partial charge on any atom is -0.324 e. The Bertz CT molecular complexity index is 842. The predicted octanol–water partition coefficient (Wildman–Crippen LogP) is 3.97. The van der Waals surface area contributed by atoms with Crippen LogP contribution in [0.5, 0.6) is 0 Å². The molecule has 0 saturated carbocycles. The Hall–Kier alpha value is -1.85. The van der Waals surface area contributed by atoms with Crippen LogP contribution in [-0.2, 0) is 6.42 Å². The van der Waals surface area contributed by atoms with Gasteiger partial charge in [0, 0.05) is 37.3 Å². The molecular weight excluding hydrogens is 360 g/mol. The van der Waals surface area contributed by atoms with E-state index in [1.54, 1.807) is 0 Å². The van der Waals surface area contributed by atoms with Gasteiger partial charge in [-0.05, 0) is 83.9 Å². The summed E-state index contributed by atoms with van der Waals surface area (Å²) in [5.74, 6) is 0. The fourth-order valence-electron chi connectivity index (χ4n) is 4.97. The number of aryl methyl sites for hydroxylation is 1. The van der Waals surface area contributed by atoms with E-state index < -0.39 is 0 Å². The molecule has 1 amide bonds. The maximum absolute atomic E-state index is 13.4. The second kappa shape index (κ2) is 8.88. The summed E-state index contributed by atoms with van der Waals surface area (Å²) < 4.78 is 1.90. The number of amides is 1. The Morgan fingerprint density at radius 2 is 1.79 bits per heavy atom. The predicted molar refractivity (Wildman–Crippen MR) is 120 cm³/mol. The summed E-state index contributed by atoms with van der Waals surface area (Å²) >= 11 is 0. The molecular formula is C24H36N4O. The molecule has 2 aliphatic heterocycles. The van der Waals surface area contributed by atoms with Crippen LogP contribution in [0.1, 0.15) is 43.2 Å². The van der Waals surface area contributed by atoms with Crippen molar-refractivity contribution >= 4 is 16.9 Å². The smallest absolute Gasteiger partial charge is 0.324 e. The van der Waals surface area contributed by atoms with Crippen molar-refractivity contribution in [3.8, 4) is 0 Å². The van der Waals surface area contributed by atoms with E-state index in [4.69, 9.17) is 0 Å². The van der Waals surface area contributed by atoms with Crippen molar-refractivity contribution in [2.45, 2.75) is 51.5 Å². The van der Waals surface area contributed by atoms with Crippen molar-refractivity contribution in [3.05, 3.63) is 35.5 Å². The lowest BCUT2D eigenvalue weighted by Crippen LogP contribution is -2.48. The molecule has 0 bridgehead atoms. The molecule has 29 heavy (non-hydrogen) atoms. The standard InChI is InChI=1S/C24H36N4O/c1-19-7-8-23-22(17-19)20(9-14-25(2)3)18-28(23)24(29)27-15-10-21(11-16-27)26-12-5-4-6-13-26/h7-8,17-18,21H,4-6,9-16H2,1-3H3. The van der Waals surface area contributed by atoms with Gasteiger partial charge < -0.3 is 14.7 Å². The molecule has 0 unspecified atom stereocenters. The van der Waals surface area contributed by atoms with Gasteiger partial charge in [0.2, 0.25) is 0 Å². The molecule has 1 aromatic carbocycles. The number of aromatic nitrogens is 1. The van der Waals surface area contributed by atoms with E-state index in [9.17, 15) is 4.79 Å². The van der Waals surface area contributed by atoms with Gasteiger partial charge in [-0.25, -0.2) is 4.79 Å². The van der Waals surface area contributed by atoms with Crippen LogP contribution in [0, 0.1) is 6.92 Å². The van der Waals surface area contributed by atoms with Gasteiger partial charge in [-0.1, -0.05) is 18.1 Å². The summed E-state index contributed by atoms with van der Waals surface area (Å²) in [6, 6.07) is 7.27. The number of likely N-dealkylation sites (N-methyl/N-ethyl adjacent to an activating group) is 1. The van der Waals surface area contributed by atoms with Crippen molar-refractivity contribution in [2.75, 3.05) is 46.8 Å². The maximum Gasteiger partial charge on any atom is 0.328 e. The normalized spacial score (nSPS) is 19.4. The van der Waals surface area contributed by atoms with E-state index in [0.717, 1.165) is 44.4 Å². The Morgan fingerprint density at radius 1 is 1.07 bits per heavy atom. The van der Waals surface area contributed by atoms with Crippen LogP contribution >= 0.6 is 0 Å². The molecule has 2 saturated heterocycles. The number of carbonyl (C=O) groups excluding carboxylic acids is 1. The number of likely N-dealkylation sites (tertiary alicyclic amines) is 2. The molecule has 5 nitrogen and oxygen atoms in total. The summed E-state index contributed by atoms with van der Waals surface area (Å²) in [5.41, 5.74) is 3.57. The first-order chi connectivity index (χ1) is 14.0. The molecule has 0 spiro atoms. The Balaban J connectivity index is 1.49. The van der Waals surface area contributed by atoms with Crippen LogP contribution in [0.25, 0.3) is 10.9 Å². The fourth-order valence-corrected chi connectivity index (χ4v) is 4.97. The van der Waals surface area contributed by atoms with Crippen LogP contribution in [0.2, 0.25) is 0 Å². The van der Waals surface area contributed by atoms with Gasteiger partial charge in [-0.2, -0.15) is 0 Å². The topological polar surface area (TPSA) is 31.7 Å².